The Bertz CT molecular complexity index is 913. The van der Waals surface area contributed by atoms with Crippen LogP contribution in [0.1, 0.15) is 29.2 Å². The Morgan fingerprint density at radius 2 is 2.00 bits per heavy atom. The van der Waals surface area contributed by atoms with Crippen LogP contribution < -0.4 is 4.74 Å². The number of methoxy groups -OCH3 is 1. The third-order valence-corrected chi connectivity index (χ3v) is 4.83. The fourth-order valence-electron chi connectivity index (χ4n) is 3.45. The number of benzene rings is 1. The number of aromatic nitrogens is 3. The van der Waals surface area contributed by atoms with Gasteiger partial charge in [0.05, 0.1) is 13.4 Å². The van der Waals surface area contributed by atoms with Crippen molar-refractivity contribution in [1.82, 2.24) is 19.4 Å². The van der Waals surface area contributed by atoms with Crippen LogP contribution in [0.5, 0.6) is 5.75 Å². The van der Waals surface area contributed by atoms with Crippen molar-refractivity contribution in [3.05, 3.63) is 78.1 Å². The van der Waals surface area contributed by atoms with Crippen LogP contribution in [0.2, 0.25) is 0 Å². The van der Waals surface area contributed by atoms with Crippen molar-refractivity contribution >= 4 is 5.97 Å². The van der Waals surface area contributed by atoms with E-state index in [0.717, 1.165) is 24.1 Å². The second kappa shape index (κ2) is 9.84. The molecule has 1 aromatic carbocycles. The highest BCUT2D eigenvalue weighted by molar-refractivity contribution is 5.77. The van der Waals surface area contributed by atoms with Crippen LogP contribution in [-0.4, -0.2) is 44.2 Å². The first-order valence-electron chi connectivity index (χ1n) is 9.54. The maximum absolute atomic E-state index is 12.4. The molecular formula is C22H26N4O3. The van der Waals surface area contributed by atoms with E-state index in [1.807, 2.05) is 52.9 Å². The zero-order valence-corrected chi connectivity index (χ0v) is 16.7. The van der Waals surface area contributed by atoms with Gasteiger partial charge in [0.2, 0.25) is 0 Å². The fraction of sp³-hybridized carbons (Fsp3) is 0.318. The van der Waals surface area contributed by atoms with Gasteiger partial charge in [-0.2, -0.15) is 0 Å². The normalized spacial score (nSPS) is 12.1. The number of ether oxygens (including phenoxy) is 1. The minimum Gasteiger partial charge on any atom is -0.496 e. The number of pyridine rings is 1. The third-order valence-electron chi connectivity index (χ3n) is 4.83. The predicted octanol–water partition coefficient (Wildman–Crippen LogP) is 3.31. The van der Waals surface area contributed by atoms with E-state index in [2.05, 4.69) is 9.97 Å². The Labute approximate surface area is 170 Å². The maximum atomic E-state index is 12.4. The molecule has 0 aliphatic carbocycles. The first kappa shape index (κ1) is 20.5. The van der Waals surface area contributed by atoms with Gasteiger partial charge in [-0.15, -0.1) is 0 Å². The molecule has 0 bridgehead atoms. The molecule has 0 saturated carbocycles. The first-order valence-corrected chi connectivity index (χ1v) is 9.54. The van der Waals surface area contributed by atoms with Gasteiger partial charge in [0.25, 0.3) is 0 Å². The van der Waals surface area contributed by atoms with E-state index in [4.69, 9.17) is 4.74 Å². The lowest BCUT2D eigenvalue weighted by atomic mass is 10.0. The highest BCUT2D eigenvalue weighted by Gasteiger charge is 2.30. The molecule has 7 heteroatoms. The van der Waals surface area contributed by atoms with Crippen molar-refractivity contribution in [3.8, 4) is 5.75 Å². The molecule has 29 heavy (non-hydrogen) atoms. The number of hydrogen-bond acceptors (Lipinski definition) is 5. The number of aliphatic carboxylic acids is 1. The quantitative estimate of drug-likeness (QED) is 0.568. The Balaban J connectivity index is 1.89. The van der Waals surface area contributed by atoms with E-state index in [-0.39, 0.29) is 0 Å². The van der Waals surface area contributed by atoms with Crippen LogP contribution in [0.4, 0.5) is 0 Å². The standard InChI is InChI=1S/C22H26N4O3/c1-17-4-5-20(29-2)19(14-17)21(22(27)28)26(15-18-6-8-23-9-7-18)12-3-11-25-13-10-24-16-25/h4-10,13-14,16,21H,3,11-12,15H2,1-2H3,(H,27,28)/t21-/m0/s1. The lowest BCUT2D eigenvalue weighted by Gasteiger charge is -2.30. The van der Waals surface area contributed by atoms with Gasteiger partial charge in [-0.3, -0.25) is 14.7 Å². The zero-order chi connectivity index (χ0) is 20.6. The van der Waals surface area contributed by atoms with Crippen LogP contribution in [0.25, 0.3) is 0 Å². The molecule has 7 nitrogen and oxygen atoms in total. The Hall–Kier alpha value is -3.19. The van der Waals surface area contributed by atoms with Crippen LogP contribution in [0.3, 0.4) is 0 Å². The van der Waals surface area contributed by atoms with E-state index < -0.39 is 12.0 Å². The van der Waals surface area contributed by atoms with E-state index in [0.29, 0.717) is 24.4 Å². The molecule has 0 aliphatic heterocycles. The summed E-state index contributed by atoms with van der Waals surface area (Å²) in [6, 6.07) is 8.66. The number of imidazole rings is 1. The summed E-state index contributed by atoms with van der Waals surface area (Å²) in [6.07, 6.45) is 9.66. The molecule has 0 saturated heterocycles. The molecule has 0 spiro atoms. The molecular weight excluding hydrogens is 368 g/mol. The van der Waals surface area contributed by atoms with Crippen molar-refractivity contribution in [2.24, 2.45) is 0 Å². The van der Waals surface area contributed by atoms with E-state index in [1.165, 1.54) is 0 Å². The van der Waals surface area contributed by atoms with Gasteiger partial charge < -0.3 is 14.4 Å². The molecule has 1 atom stereocenters. The minimum absolute atomic E-state index is 0.501. The van der Waals surface area contributed by atoms with E-state index in [1.54, 1.807) is 32.0 Å². The summed E-state index contributed by atoms with van der Waals surface area (Å²) >= 11 is 0. The Morgan fingerprint density at radius 1 is 1.21 bits per heavy atom. The zero-order valence-electron chi connectivity index (χ0n) is 16.7. The monoisotopic (exact) mass is 394 g/mol. The number of carbonyl (C=O) groups is 1. The summed E-state index contributed by atoms with van der Waals surface area (Å²) in [5.41, 5.74) is 2.67. The molecule has 2 aromatic heterocycles. The molecule has 152 valence electrons. The summed E-state index contributed by atoms with van der Waals surface area (Å²) in [5, 5.41) is 10.1. The van der Waals surface area contributed by atoms with Crippen LogP contribution in [-0.2, 0) is 17.9 Å². The van der Waals surface area contributed by atoms with Crippen molar-refractivity contribution in [2.45, 2.75) is 32.5 Å². The van der Waals surface area contributed by atoms with Gasteiger partial charge in [-0.25, -0.2) is 4.98 Å². The molecule has 1 N–H and O–H groups in total. The van der Waals surface area contributed by atoms with Crippen LogP contribution in [0.15, 0.2) is 61.4 Å². The number of nitrogens with zero attached hydrogens (tertiary/aromatic N) is 4. The first-order chi connectivity index (χ1) is 14.1. The lowest BCUT2D eigenvalue weighted by Crippen LogP contribution is -2.35. The summed E-state index contributed by atoms with van der Waals surface area (Å²) < 4.78 is 7.48. The molecule has 0 unspecified atom stereocenters. The van der Waals surface area contributed by atoms with Crippen LogP contribution in [0, 0.1) is 6.92 Å². The van der Waals surface area contributed by atoms with Crippen LogP contribution >= 0.6 is 0 Å². The number of hydrogen-bond donors (Lipinski definition) is 1. The summed E-state index contributed by atoms with van der Waals surface area (Å²) in [5.74, 6) is -0.317. The maximum Gasteiger partial charge on any atom is 0.325 e. The molecule has 2 heterocycles. The van der Waals surface area contributed by atoms with Gasteiger partial charge in [0.1, 0.15) is 11.8 Å². The predicted molar refractivity (Wildman–Crippen MR) is 110 cm³/mol. The van der Waals surface area contributed by atoms with Gasteiger partial charge in [-0.1, -0.05) is 17.7 Å². The van der Waals surface area contributed by atoms with E-state index in [9.17, 15) is 9.90 Å². The van der Waals surface area contributed by atoms with E-state index >= 15 is 0 Å². The summed E-state index contributed by atoms with van der Waals surface area (Å²) in [6.45, 7) is 3.83. The summed E-state index contributed by atoms with van der Waals surface area (Å²) in [7, 11) is 1.57. The van der Waals surface area contributed by atoms with Crippen molar-refractivity contribution in [1.29, 1.82) is 0 Å². The summed E-state index contributed by atoms with van der Waals surface area (Å²) in [4.78, 5) is 22.5. The molecule has 0 radical (unpaired) electrons. The Morgan fingerprint density at radius 3 is 2.66 bits per heavy atom. The lowest BCUT2D eigenvalue weighted by molar-refractivity contribution is -0.144. The average Bonchev–Trinajstić information content (AvgIpc) is 3.22. The van der Waals surface area contributed by atoms with Crippen molar-refractivity contribution < 1.29 is 14.6 Å². The van der Waals surface area contributed by atoms with Crippen molar-refractivity contribution in [3.63, 3.8) is 0 Å². The highest BCUT2D eigenvalue weighted by Crippen LogP contribution is 2.32. The number of carboxylic acids is 1. The fourth-order valence-corrected chi connectivity index (χ4v) is 3.45. The van der Waals surface area contributed by atoms with Gasteiger partial charge in [0, 0.05) is 50.0 Å². The number of aryl methyl sites for hydroxylation is 2. The highest BCUT2D eigenvalue weighted by atomic mass is 16.5. The number of rotatable bonds is 10. The average molecular weight is 394 g/mol. The second-order valence-corrected chi connectivity index (χ2v) is 6.97. The molecule has 0 aliphatic rings. The van der Waals surface area contributed by atoms with Gasteiger partial charge in [0.15, 0.2) is 0 Å². The number of carboxylic acid groups (broad SMARTS) is 1. The second-order valence-electron chi connectivity index (χ2n) is 6.97. The Kier molecular flexibility index (Phi) is 6.97. The van der Waals surface area contributed by atoms with Gasteiger partial charge in [-0.05, 0) is 37.1 Å². The smallest absolute Gasteiger partial charge is 0.325 e. The molecule has 0 amide bonds. The largest absolute Gasteiger partial charge is 0.496 e. The molecule has 0 fully saturated rings. The topological polar surface area (TPSA) is 80.5 Å². The van der Waals surface area contributed by atoms with Crippen molar-refractivity contribution in [2.75, 3.05) is 13.7 Å². The molecule has 3 rings (SSSR count). The minimum atomic E-state index is -0.898. The SMILES string of the molecule is COc1ccc(C)cc1[C@@H](C(=O)O)N(CCCn1ccnc1)Cc1ccncc1. The van der Waals surface area contributed by atoms with Gasteiger partial charge >= 0.3 is 5.97 Å². The molecule has 3 aromatic rings. The third kappa shape index (κ3) is 5.42.